The van der Waals surface area contributed by atoms with E-state index < -0.39 is 0 Å². The number of halogens is 1. The molecule has 0 saturated heterocycles. The minimum atomic E-state index is 0.243. The van der Waals surface area contributed by atoms with Gasteiger partial charge >= 0.3 is 0 Å². The first kappa shape index (κ1) is 8.09. The summed E-state index contributed by atoms with van der Waals surface area (Å²) in [5, 5.41) is 9.83. The molecule has 0 fully saturated rings. The van der Waals surface area contributed by atoms with Gasteiger partial charge in [-0.1, -0.05) is 17.7 Å². The zero-order valence-electron chi connectivity index (χ0n) is 6.76. The lowest BCUT2D eigenvalue weighted by Gasteiger charge is -2.06. The zero-order valence-corrected chi connectivity index (χ0v) is 7.51. The van der Waals surface area contributed by atoms with E-state index in [0.717, 1.165) is 17.9 Å². The number of hydrogen-bond donors (Lipinski definition) is 1. The molecule has 2 heteroatoms. The van der Waals surface area contributed by atoms with Crippen LogP contribution in [-0.4, -0.2) is 11.7 Å². The molecule has 1 aromatic rings. The van der Waals surface area contributed by atoms with E-state index in [9.17, 15) is 0 Å². The fraction of sp³-hybridized carbons (Fsp3) is 0.400. The maximum atomic E-state index is 9.06. The number of hydrogen-bond acceptors (Lipinski definition) is 1. The number of benzene rings is 1. The van der Waals surface area contributed by atoms with Crippen LogP contribution in [0.25, 0.3) is 0 Å². The van der Waals surface area contributed by atoms with Crippen LogP contribution in [0.2, 0.25) is 5.02 Å². The molecule has 0 radical (unpaired) electrons. The van der Waals surface area contributed by atoms with Crippen molar-refractivity contribution in [1.82, 2.24) is 0 Å². The Morgan fingerprint density at radius 1 is 1.50 bits per heavy atom. The van der Waals surface area contributed by atoms with Crippen LogP contribution in [0, 0.1) is 0 Å². The molecule has 64 valence electrons. The molecular weight excluding hydrogens is 172 g/mol. The summed E-state index contributed by atoms with van der Waals surface area (Å²) < 4.78 is 0. The molecule has 1 unspecified atom stereocenters. The average molecular weight is 183 g/mol. The Hall–Kier alpha value is -0.530. The summed E-state index contributed by atoms with van der Waals surface area (Å²) in [6, 6.07) is 5.96. The van der Waals surface area contributed by atoms with Crippen LogP contribution in [0.4, 0.5) is 0 Å². The third-order valence-electron chi connectivity index (χ3n) is 2.53. The van der Waals surface area contributed by atoms with E-state index in [4.69, 9.17) is 16.7 Å². The van der Waals surface area contributed by atoms with Gasteiger partial charge in [0.05, 0.1) is 0 Å². The fourth-order valence-electron chi connectivity index (χ4n) is 1.85. The van der Waals surface area contributed by atoms with E-state index >= 15 is 0 Å². The maximum absolute atomic E-state index is 9.06. The van der Waals surface area contributed by atoms with Gasteiger partial charge in [0.25, 0.3) is 0 Å². The second-order valence-corrected chi connectivity index (χ2v) is 3.70. The fourth-order valence-corrected chi connectivity index (χ4v) is 2.03. The molecule has 0 aliphatic heterocycles. The summed E-state index contributed by atoms with van der Waals surface area (Å²) in [7, 11) is 0. The molecule has 0 amide bonds. The minimum Gasteiger partial charge on any atom is -0.396 e. The predicted octanol–water partition coefficient (Wildman–Crippen LogP) is 2.36. The predicted molar refractivity (Wildman–Crippen MR) is 49.6 cm³/mol. The maximum Gasteiger partial charge on any atom is 0.0499 e. The van der Waals surface area contributed by atoms with Crippen molar-refractivity contribution < 1.29 is 5.11 Å². The van der Waals surface area contributed by atoms with Crippen molar-refractivity contribution in [2.75, 3.05) is 6.61 Å². The number of aliphatic hydroxyl groups excluding tert-OH is 1. The Balaban J connectivity index is 2.42. The second kappa shape index (κ2) is 3.08. The van der Waals surface area contributed by atoms with E-state index in [0.29, 0.717) is 5.92 Å². The van der Waals surface area contributed by atoms with Gasteiger partial charge in [-0.05, 0) is 36.1 Å². The van der Waals surface area contributed by atoms with E-state index in [1.54, 1.807) is 0 Å². The van der Waals surface area contributed by atoms with Gasteiger partial charge in [-0.3, -0.25) is 0 Å². The van der Waals surface area contributed by atoms with Gasteiger partial charge in [0, 0.05) is 17.5 Å². The summed E-state index contributed by atoms with van der Waals surface area (Å²) in [5.41, 5.74) is 2.59. The molecule has 0 heterocycles. The van der Waals surface area contributed by atoms with Crippen molar-refractivity contribution in [2.24, 2.45) is 0 Å². The lowest BCUT2D eigenvalue weighted by Crippen LogP contribution is -1.98. The molecule has 1 aliphatic rings. The van der Waals surface area contributed by atoms with Gasteiger partial charge in [-0.2, -0.15) is 0 Å². The zero-order chi connectivity index (χ0) is 8.55. The van der Waals surface area contributed by atoms with Crippen molar-refractivity contribution in [3.8, 4) is 0 Å². The Bertz CT molecular complexity index is 296. The lowest BCUT2D eigenvalue weighted by atomic mass is 10.0. The summed E-state index contributed by atoms with van der Waals surface area (Å²) >= 11 is 5.86. The van der Waals surface area contributed by atoms with E-state index in [2.05, 4.69) is 6.07 Å². The Morgan fingerprint density at radius 2 is 2.33 bits per heavy atom. The van der Waals surface area contributed by atoms with Gasteiger partial charge in [0.1, 0.15) is 0 Å². The van der Waals surface area contributed by atoms with Crippen LogP contribution in [0.5, 0.6) is 0 Å². The highest BCUT2D eigenvalue weighted by atomic mass is 35.5. The molecule has 1 aromatic carbocycles. The third-order valence-corrected chi connectivity index (χ3v) is 2.77. The summed E-state index contributed by atoms with van der Waals surface area (Å²) in [6.45, 7) is 0.243. The molecule has 0 bridgehead atoms. The highest BCUT2D eigenvalue weighted by Crippen LogP contribution is 2.34. The monoisotopic (exact) mass is 182 g/mol. The molecule has 0 spiro atoms. The van der Waals surface area contributed by atoms with Crippen LogP contribution in [0.3, 0.4) is 0 Å². The first-order valence-corrected chi connectivity index (χ1v) is 4.58. The molecule has 0 aromatic heterocycles. The lowest BCUT2D eigenvalue weighted by molar-refractivity contribution is 0.265. The van der Waals surface area contributed by atoms with Gasteiger partial charge in [0.2, 0.25) is 0 Å². The normalized spacial score (nSPS) is 21.0. The van der Waals surface area contributed by atoms with Crippen molar-refractivity contribution in [2.45, 2.75) is 18.8 Å². The van der Waals surface area contributed by atoms with Crippen LogP contribution >= 0.6 is 11.6 Å². The minimum absolute atomic E-state index is 0.243. The highest BCUT2D eigenvalue weighted by Gasteiger charge is 2.21. The first-order valence-electron chi connectivity index (χ1n) is 4.20. The average Bonchev–Trinajstić information content (AvgIpc) is 2.46. The smallest absolute Gasteiger partial charge is 0.0499 e. The van der Waals surface area contributed by atoms with Gasteiger partial charge in [-0.25, -0.2) is 0 Å². The molecule has 1 atom stereocenters. The number of aliphatic hydroxyl groups is 1. The molecule has 1 nitrogen and oxygen atoms in total. The SMILES string of the molecule is OCC1CCc2ccc(Cl)cc21. The summed E-state index contributed by atoms with van der Waals surface area (Å²) in [4.78, 5) is 0. The molecular formula is C10H11ClO. The standard InChI is InChI=1S/C10H11ClO/c11-9-4-3-7-1-2-8(6-12)10(7)5-9/h3-5,8,12H,1-2,6H2. The van der Waals surface area contributed by atoms with Crippen LogP contribution in [-0.2, 0) is 6.42 Å². The van der Waals surface area contributed by atoms with Crippen LogP contribution < -0.4 is 0 Å². The van der Waals surface area contributed by atoms with E-state index in [1.807, 2.05) is 12.1 Å². The number of aryl methyl sites for hydroxylation is 1. The van der Waals surface area contributed by atoms with Gasteiger partial charge < -0.3 is 5.11 Å². The molecule has 1 aliphatic carbocycles. The third kappa shape index (κ3) is 1.23. The Morgan fingerprint density at radius 3 is 3.08 bits per heavy atom. The molecule has 12 heavy (non-hydrogen) atoms. The Labute approximate surface area is 77.0 Å². The van der Waals surface area contributed by atoms with Crippen LogP contribution in [0.15, 0.2) is 18.2 Å². The number of fused-ring (bicyclic) bond motifs is 1. The van der Waals surface area contributed by atoms with Crippen molar-refractivity contribution in [3.05, 3.63) is 34.3 Å². The molecule has 2 rings (SSSR count). The van der Waals surface area contributed by atoms with Crippen molar-refractivity contribution in [3.63, 3.8) is 0 Å². The van der Waals surface area contributed by atoms with E-state index in [-0.39, 0.29) is 6.61 Å². The quantitative estimate of drug-likeness (QED) is 0.707. The summed E-state index contributed by atoms with van der Waals surface area (Å²) in [5.74, 6) is 0.318. The largest absolute Gasteiger partial charge is 0.396 e. The first-order chi connectivity index (χ1) is 5.81. The summed E-state index contributed by atoms with van der Waals surface area (Å²) in [6.07, 6.45) is 2.14. The van der Waals surface area contributed by atoms with E-state index in [1.165, 1.54) is 11.1 Å². The van der Waals surface area contributed by atoms with Gasteiger partial charge in [-0.15, -0.1) is 0 Å². The highest BCUT2D eigenvalue weighted by molar-refractivity contribution is 6.30. The Kier molecular flexibility index (Phi) is 2.07. The molecule has 0 saturated carbocycles. The molecule has 1 N–H and O–H groups in total. The van der Waals surface area contributed by atoms with Crippen LogP contribution in [0.1, 0.15) is 23.5 Å². The van der Waals surface area contributed by atoms with Crippen molar-refractivity contribution >= 4 is 11.6 Å². The van der Waals surface area contributed by atoms with Gasteiger partial charge in [0.15, 0.2) is 0 Å². The van der Waals surface area contributed by atoms with Crippen molar-refractivity contribution in [1.29, 1.82) is 0 Å². The second-order valence-electron chi connectivity index (χ2n) is 3.26. The topological polar surface area (TPSA) is 20.2 Å². The number of rotatable bonds is 1.